The van der Waals surface area contributed by atoms with Gasteiger partial charge < -0.3 is 10.2 Å². The Morgan fingerprint density at radius 2 is 1.74 bits per heavy atom. The number of hydrogen-bond acceptors (Lipinski definition) is 6. The fourth-order valence-electron chi connectivity index (χ4n) is 2.95. The third-order valence-electron chi connectivity index (χ3n) is 4.29. The lowest BCUT2D eigenvalue weighted by molar-refractivity contribution is -0.384. The van der Waals surface area contributed by atoms with Gasteiger partial charge in [-0.15, -0.1) is 0 Å². The van der Waals surface area contributed by atoms with E-state index in [1.54, 1.807) is 0 Å². The van der Waals surface area contributed by atoms with Crippen molar-refractivity contribution < 1.29 is 19.0 Å². The molecule has 1 aliphatic heterocycles. The second-order valence-electron chi connectivity index (χ2n) is 6.03. The van der Waals surface area contributed by atoms with Crippen LogP contribution in [0.1, 0.15) is 23.2 Å². The quantitative estimate of drug-likeness (QED) is 0.632. The highest BCUT2D eigenvalue weighted by Crippen LogP contribution is 2.32. The van der Waals surface area contributed by atoms with Gasteiger partial charge in [-0.3, -0.25) is 25.0 Å². The average Bonchev–Trinajstić information content (AvgIpc) is 3.17. The Morgan fingerprint density at radius 3 is 2.37 bits per heavy atom. The zero-order valence-corrected chi connectivity index (χ0v) is 14.1. The highest BCUT2D eigenvalue weighted by atomic mass is 19.1. The number of nitro groups is 2. The van der Waals surface area contributed by atoms with Crippen LogP contribution in [0.25, 0.3) is 0 Å². The Morgan fingerprint density at radius 1 is 1.04 bits per heavy atom. The van der Waals surface area contributed by atoms with E-state index < -0.39 is 21.6 Å². The third-order valence-corrected chi connectivity index (χ3v) is 4.29. The van der Waals surface area contributed by atoms with Gasteiger partial charge in [0.2, 0.25) is 0 Å². The first-order valence-corrected chi connectivity index (χ1v) is 8.15. The monoisotopic (exact) mass is 374 g/mol. The Kier molecular flexibility index (Phi) is 4.97. The van der Waals surface area contributed by atoms with Gasteiger partial charge in [-0.05, 0) is 31.0 Å². The van der Waals surface area contributed by atoms with E-state index in [0.29, 0.717) is 18.8 Å². The normalized spacial score (nSPS) is 13.4. The molecule has 2 aromatic carbocycles. The van der Waals surface area contributed by atoms with Gasteiger partial charge in [0.05, 0.1) is 15.5 Å². The summed E-state index contributed by atoms with van der Waals surface area (Å²) in [5.74, 6) is -1.65. The molecule has 9 nitrogen and oxygen atoms in total. The van der Waals surface area contributed by atoms with Crippen molar-refractivity contribution in [3.05, 3.63) is 68.0 Å². The molecule has 10 heteroatoms. The van der Waals surface area contributed by atoms with Crippen LogP contribution in [-0.2, 0) is 0 Å². The second kappa shape index (κ2) is 7.36. The summed E-state index contributed by atoms with van der Waals surface area (Å²) in [4.78, 5) is 35.1. The molecule has 1 fully saturated rings. The van der Waals surface area contributed by atoms with Crippen LogP contribution < -0.4 is 10.2 Å². The minimum absolute atomic E-state index is 0.0458. The molecule has 0 aromatic heterocycles. The molecule has 0 aliphatic carbocycles. The van der Waals surface area contributed by atoms with Gasteiger partial charge >= 0.3 is 0 Å². The van der Waals surface area contributed by atoms with Crippen molar-refractivity contribution >= 4 is 28.7 Å². The van der Waals surface area contributed by atoms with Crippen molar-refractivity contribution in [1.29, 1.82) is 0 Å². The first-order chi connectivity index (χ1) is 12.9. The first-order valence-electron chi connectivity index (χ1n) is 8.15. The molecular weight excluding hydrogens is 359 g/mol. The van der Waals surface area contributed by atoms with E-state index in [0.717, 1.165) is 37.1 Å². The molecule has 1 heterocycles. The summed E-state index contributed by atoms with van der Waals surface area (Å²) in [5, 5.41) is 24.4. The lowest BCUT2D eigenvalue weighted by atomic mass is 10.1. The molecule has 0 atom stereocenters. The highest BCUT2D eigenvalue weighted by molar-refractivity contribution is 6.05. The van der Waals surface area contributed by atoms with Crippen LogP contribution in [0.2, 0.25) is 0 Å². The summed E-state index contributed by atoms with van der Waals surface area (Å²) in [6, 6.07) is 6.75. The van der Waals surface area contributed by atoms with E-state index >= 15 is 0 Å². The molecule has 1 N–H and O–H groups in total. The number of hydrogen-bond donors (Lipinski definition) is 1. The van der Waals surface area contributed by atoms with Crippen molar-refractivity contribution in [2.24, 2.45) is 0 Å². The summed E-state index contributed by atoms with van der Waals surface area (Å²) in [5.41, 5.74) is -0.599. The van der Waals surface area contributed by atoms with Crippen molar-refractivity contribution in [3.8, 4) is 0 Å². The van der Waals surface area contributed by atoms with Crippen LogP contribution in [0.3, 0.4) is 0 Å². The van der Waals surface area contributed by atoms with E-state index in [-0.39, 0.29) is 22.6 Å². The van der Waals surface area contributed by atoms with E-state index in [2.05, 4.69) is 5.32 Å². The predicted molar refractivity (Wildman–Crippen MR) is 95.6 cm³/mol. The lowest BCUT2D eigenvalue weighted by Crippen LogP contribution is -2.20. The van der Waals surface area contributed by atoms with Crippen molar-refractivity contribution in [3.63, 3.8) is 0 Å². The van der Waals surface area contributed by atoms with Gasteiger partial charge in [0.15, 0.2) is 0 Å². The average molecular weight is 374 g/mol. The molecular formula is C17H15FN4O5. The number of amides is 1. The van der Waals surface area contributed by atoms with Gasteiger partial charge in [0.25, 0.3) is 17.3 Å². The van der Waals surface area contributed by atoms with E-state index in [1.807, 2.05) is 4.90 Å². The maximum Gasteiger partial charge on any atom is 0.293 e. The number of carbonyl (C=O) groups is 1. The zero-order chi connectivity index (χ0) is 19.6. The highest BCUT2D eigenvalue weighted by Gasteiger charge is 2.24. The second-order valence-corrected chi connectivity index (χ2v) is 6.03. The Balaban J connectivity index is 1.89. The number of nitro benzene ring substituents is 2. The molecule has 140 valence electrons. The molecule has 2 aromatic rings. The van der Waals surface area contributed by atoms with Crippen LogP contribution in [0.5, 0.6) is 0 Å². The minimum atomic E-state index is -0.850. The summed E-state index contributed by atoms with van der Waals surface area (Å²) >= 11 is 0. The molecule has 0 spiro atoms. The van der Waals surface area contributed by atoms with Gasteiger partial charge in [-0.25, -0.2) is 4.39 Å². The van der Waals surface area contributed by atoms with Crippen LogP contribution in [0.4, 0.5) is 27.1 Å². The SMILES string of the molecule is O=C(Nc1cc([N+](=O)[O-])ccc1F)c1ccc(N2CCCC2)c([N+](=O)[O-])c1. The fourth-order valence-corrected chi connectivity index (χ4v) is 2.95. The van der Waals surface area contributed by atoms with E-state index in [4.69, 9.17) is 0 Å². The number of carbonyl (C=O) groups excluding carboxylic acids is 1. The predicted octanol–water partition coefficient (Wildman–Crippen LogP) is 3.49. The van der Waals surface area contributed by atoms with Crippen molar-refractivity contribution in [2.75, 3.05) is 23.3 Å². The van der Waals surface area contributed by atoms with Crippen LogP contribution in [0, 0.1) is 26.0 Å². The summed E-state index contributed by atoms with van der Waals surface area (Å²) in [6.45, 7) is 1.40. The number of non-ortho nitro benzene ring substituents is 1. The van der Waals surface area contributed by atoms with Crippen LogP contribution in [0.15, 0.2) is 36.4 Å². The number of rotatable bonds is 5. The minimum Gasteiger partial charge on any atom is -0.366 e. The number of halogens is 1. The van der Waals surface area contributed by atoms with E-state index in [1.165, 1.54) is 12.1 Å². The summed E-state index contributed by atoms with van der Waals surface area (Å²) in [6.07, 6.45) is 1.87. The fraction of sp³-hybridized carbons (Fsp3) is 0.235. The molecule has 0 saturated carbocycles. The van der Waals surface area contributed by atoms with Gasteiger partial charge in [0, 0.05) is 36.9 Å². The summed E-state index contributed by atoms with van der Waals surface area (Å²) < 4.78 is 13.8. The smallest absolute Gasteiger partial charge is 0.293 e. The standard InChI is InChI=1S/C17H15FN4O5/c18-13-5-4-12(21(24)25)10-14(13)19-17(23)11-3-6-15(16(9-11)22(26)27)20-7-1-2-8-20/h3-6,9-10H,1-2,7-8H2,(H,19,23). The molecule has 0 unspecified atom stereocenters. The largest absolute Gasteiger partial charge is 0.366 e. The summed E-state index contributed by atoms with van der Waals surface area (Å²) in [7, 11) is 0. The number of nitrogens with one attached hydrogen (secondary N) is 1. The topological polar surface area (TPSA) is 119 Å². The molecule has 3 rings (SSSR count). The lowest BCUT2D eigenvalue weighted by Gasteiger charge is -2.17. The molecule has 27 heavy (non-hydrogen) atoms. The van der Waals surface area contributed by atoms with Gasteiger partial charge in [-0.2, -0.15) is 0 Å². The van der Waals surface area contributed by atoms with E-state index in [9.17, 15) is 29.4 Å². The molecule has 1 aliphatic rings. The number of benzene rings is 2. The maximum atomic E-state index is 13.8. The molecule has 1 amide bonds. The van der Waals surface area contributed by atoms with Crippen molar-refractivity contribution in [1.82, 2.24) is 0 Å². The maximum absolute atomic E-state index is 13.8. The van der Waals surface area contributed by atoms with Gasteiger partial charge in [0.1, 0.15) is 11.5 Å². The van der Waals surface area contributed by atoms with Gasteiger partial charge in [-0.1, -0.05) is 0 Å². The number of anilines is 2. The Labute approximate surface area is 152 Å². The zero-order valence-electron chi connectivity index (χ0n) is 14.1. The van der Waals surface area contributed by atoms with Crippen molar-refractivity contribution in [2.45, 2.75) is 12.8 Å². The molecule has 0 bridgehead atoms. The molecule has 0 radical (unpaired) electrons. The Bertz CT molecular complexity index is 928. The third kappa shape index (κ3) is 3.84. The van der Waals surface area contributed by atoms with Crippen LogP contribution >= 0.6 is 0 Å². The molecule has 1 saturated heterocycles. The first kappa shape index (κ1) is 18.2. The number of nitrogens with zero attached hydrogens (tertiary/aromatic N) is 3. The Hall–Kier alpha value is -3.56. The van der Waals surface area contributed by atoms with Crippen LogP contribution in [-0.4, -0.2) is 28.8 Å².